The van der Waals surface area contributed by atoms with Crippen molar-refractivity contribution in [3.63, 3.8) is 0 Å². The fourth-order valence-electron chi connectivity index (χ4n) is 2.59. The van der Waals surface area contributed by atoms with E-state index in [2.05, 4.69) is 26.0 Å². The summed E-state index contributed by atoms with van der Waals surface area (Å²) < 4.78 is 14.0. The number of nitrogens with two attached hydrogens (primary N) is 1. The van der Waals surface area contributed by atoms with Gasteiger partial charge in [0.1, 0.15) is 5.82 Å². The van der Waals surface area contributed by atoms with Crippen LogP contribution in [0.3, 0.4) is 0 Å². The van der Waals surface area contributed by atoms with Crippen LogP contribution in [0.2, 0.25) is 0 Å². The molecule has 1 atom stereocenters. The molecule has 0 radical (unpaired) electrons. The Balaban J connectivity index is 2.42. The molecule has 0 saturated heterocycles. The molecule has 20 heavy (non-hydrogen) atoms. The summed E-state index contributed by atoms with van der Waals surface area (Å²) in [6, 6.07) is 10.9. The van der Waals surface area contributed by atoms with E-state index < -0.39 is 6.04 Å². The van der Waals surface area contributed by atoms with Gasteiger partial charge in [0.15, 0.2) is 0 Å². The van der Waals surface area contributed by atoms with E-state index in [1.807, 2.05) is 19.1 Å². The quantitative estimate of drug-likeness (QED) is 0.881. The maximum atomic E-state index is 14.0. The molecule has 0 aliphatic carbocycles. The highest BCUT2D eigenvalue weighted by Crippen LogP contribution is 2.25. The molecule has 2 aromatic rings. The Morgan fingerprint density at radius 3 is 2.35 bits per heavy atom. The van der Waals surface area contributed by atoms with Gasteiger partial charge in [-0.25, -0.2) is 4.39 Å². The van der Waals surface area contributed by atoms with Gasteiger partial charge in [-0.3, -0.25) is 0 Å². The summed E-state index contributed by atoms with van der Waals surface area (Å²) in [5, 5.41) is 0. The van der Waals surface area contributed by atoms with E-state index in [1.54, 1.807) is 6.07 Å². The first kappa shape index (κ1) is 14.7. The molecule has 1 unspecified atom stereocenters. The van der Waals surface area contributed by atoms with Gasteiger partial charge in [0.05, 0.1) is 6.04 Å². The van der Waals surface area contributed by atoms with Gasteiger partial charge in [0.2, 0.25) is 0 Å². The highest BCUT2D eigenvalue weighted by molar-refractivity contribution is 5.39. The molecule has 0 bridgehead atoms. The summed E-state index contributed by atoms with van der Waals surface area (Å²) in [6.07, 6.45) is 1.98. The monoisotopic (exact) mass is 271 g/mol. The molecule has 0 heterocycles. The van der Waals surface area contributed by atoms with Crippen molar-refractivity contribution in [2.45, 2.75) is 39.7 Å². The normalized spacial score (nSPS) is 12.4. The Labute approximate surface area is 120 Å². The number of hydrogen-bond donors (Lipinski definition) is 1. The summed E-state index contributed by atoms with van der Waals surface area (Å²) in [4.78, 5) is 0. The van der Waals surface area contributed by atoms with Crippen molar-refractivity contribution >= 4 is 0 Å². The number of hydrogen-bond acceptors (Lipinski definition) is 1. The second-order valence-corrected chi connectivity index (χ2v) is 5.24. The number of rotatable bonds is 4. The van der Waals surface area contributed by atoms with Gasteiger partial charge in [-0.15, -0.1) is 0 Å². The predicted molar refractivity (Wildman–Crippen MR) is 82.4 cm³/mol. The molecular weight excluding hydrogens is 249 g/mol. The van der Waals surface area contributed by atoms with E-state index >= 15 is 0 Å². The fourth-order valence-corrected chi connectivity index (χ4v) is 2.59. The second kappa shape index (κ2) is 6.19. The zero-order valence-electron chi connectivity index (χ0n) is 12.4. The molecule has 0 amide bonds. The van der Waals surface area contributed by atoms with E-state index in [4.69, 9.17) is 5.73 Å². The predicted octanol–water partition coefficient (Wildman–Crippen LogP) is 4.31. The van der Waals surface area contributed by atoms with Crippen LogP contribution in [0.4, 0.5) is 4.39 Å². The Kier molecular flexibility index (Phi) is 4.56. The SMILES string of the molecule is CCc1ccc(C(N)c2cc(C)ccc2F)cc1CC. The Bertz CT molecular complexity index is 604. The van der Waals surface area contributed by atoms with Gasteiger partial charge in [-0.05, 0) is 42.5 Å². The minimum atomic E-state index is -0.411. The van der Waals surface area contributed by atoms with Gasteiger partial charge in [0, 0.05) is 5.56 Å². The Morgan fingerprint density at radius 1 is 1.00 bits per heavy atom. The molecule has 0 fully saturated rings. The molecule has 1 nitrogen and oxygen atoms in total. The molecule has 2 rings (SSSR count). The molecule has 0 aromatic heterocycles. The molecule has 2 heteroatoms. The zero-order valence-corrected chi connectivity index (χ0v) is 12.4. The van der Waals surface area contributed by atoms with Gasteiger partial charge < -0.3 is 5.73 Å². The van der Waals surface area contributed by atoms with Crippen LogP contribution >= 0.6 is 0 Å². The Morgan fingerprint density at radius 2 is 1.70 bits per heavy atom. The van der Waals surface area contributed by atoms with Gasteiger partial charge in [0.25, 0.3) is 0 Å². The third-order valence-corrected chi connectivity index (χ3v) is 3.84. The Hall–Kier alpha value is -1.67. The summed E-state index contributed by atoms with van der Waals surface area (Å²) in [5.74, 6) is -0.235. The topological polar surface area (TPSA) is 26.0 Å². The van der Waals surface area contributed by atoms with Crippen LogP contribution in [0.5, 0.6) is 0 Å². The highest BCUT2D eigenvalue weighted by atomic mass is 19.1. The summed E-state index contributed by atoms with van der Waals surface area (Å²) in [6.45, 7) is 6.23. The number of benzene rings is 2. The summed E-state index contributed by atoms with van der Waals surface area (Å²) >= 11 is 0. The molecule has 0 saturated carbocycles. The van der Waals surface area contributed by atoms with Crippen molar-refractivity contribution in [2.24, 2.45) is 5.73 Å². The van der Waals surface area contributed by atoms with Crippen LogP contribution in [-0.2, 0) is 12.8 Å². The van der Waals surface area contributed by atoms with Crippen LogP contribution < -0.4 is 5.73 Å². The lowest BCUT2D eigenvalue weighted by molar-refractivity contribution is 0.599. The van der Waals surface area contributed by atoms with E-state index in [0.717, 1.165) is 24.0 Å². The molecular formula is C18H22FN. The van der Waals surface area contributed by atoms with Crippen LogP contribution in [-0.4, -0.2) is 0 Å². The number of aryl methyl sites for hydroxylation is 3. The largest absolute Gasteiger partial charge is 0.320 e. The first-order valence-electron chi connectivity index (χ1n) is 7.20. The summed E-state index contributed by atoms with van der Waals surface area (Å²) in [7, 11) is 0. The molecule has 106 valence electrons. The molecule has 2 N–H and O–H groups in total. The van der Waals surface area contributed by atoms with E-state index in [1.165, 1.54) is 17.2 Å². The average molecular weight is 271 g/mol. The maximum Gasteiger partial charge on any atom is 0.128 e. The van der Waals surface area contributed by atoms with Gasteiger partial charge in [-0.1, -0.05) is 49.7 Å². The first-order valence-corrected chi connectivity index (χ1v) is 7.20. The van der Waals surface area contributed by atoms with Crippen LogP contribution in [0.1, 0.15) is 47.7 Å². The third-order valence-electron chi connectivity index (χ3n) is 3.84. The van der Waals surface area contributed by atoms with Crippen LogP contribution in [0.25, 0.3) is 0 Å². The van der Waals surface area contributed by atoms with E-state index in [0.29, 0.717) is 5.56 Å². The molecule has 0 spiro atoms. The first-order chi connectivity index (χ1) is 9.56. The van der Waals surface area contributed by atoms with Crippen LogP contribution in [0.15, 0.2) is 36.4 Å². The van der Waals surface area contributed by atoms with Crippen molar-refractivity contribution in [2.75, 3.05) is 0 Å². The summed E-state index contributed by atoms with van der Waals surface area (Å²) in [5.41, 5.74) is 11.5. The van der Waals surface area contributed by atoms with Crippen molar-refractivity contribution in [3.8, 4) is 0 Å². The standard InChI is InChI=1S/C18H22FN/c1-4-13-7-8-15(11-14(13)5-2)18(20)16-10-12(3)6-9-17(16)19/h6-11,18H,4-5,20H2,1-3H3. The lowest BCUT2D eigenvalue weighted by Crippen LogP contribution is -2.14. The fraction of sp³-hybridized carbons (Fsp3) is 0.333. The zero-order chi connectivity index (χ0) is 14.7. The molecule has 2 aromatic carbocycles. The van der Waals surface area contributed by atoms with Crippen molar-refractivity contribution < 1.29 is 4.39 Å². The number of halogens is 1. The molecule has 0 aliphatic heterocycles. The lowest BCUT2D eigenvalue weighted by Gasteiger charge is -2.17. The highest BCUT2D eigenvalue weighted by Gasteiger charge is 2.15. The van der Waals surface area contributed by atoms with Gasteiger partial charge >= 0.3 is 0 Å². The van der Waals surface area contributed by atoms with Crippen molar-refractivity contribution in [3.05, 3.63) is 70.0 Å². The van der Waals surface area contributed by atoms with E-state index in [9.17, 15) is 4.39 Å². The average Bonchev–Trinajstić information content (AvgIpc) is 2.48. The van der Waals surface area contributed by atoms with Crippen LogP contribution in [0, 0.1) is 12.7 Å². The second-order valence-electron chi connectivity index (χ2n) is 5.24. The van der Waals surface area contributed by atoms with Gasteiger partial charge in [-0.2, -0.15) is 0 Å². The van der Waals surface area contributed by atoms with E-state index in [-0.39, 0.29) is 5.82 Å². The lowest BCUT2D eigenvalue weighted by atomic mass is 9.93. The third kappa shape index (κ3) is 2.91. The molecule has 0 aliphatic rings. The van der Waals surface area contributed by atoms with Crippen molar-refractivity contribution in [1.82, 2.24) is 0 Å². The minimum absolute atomic E-state index is 0.235. The smallest absolute Gasteiger partial charge is 0.128 e. The van der Waals surface area contributed by atoms with Crippen molar-refractivity contribution in [1.29, 1.82) is 0 Å². The minimum Gasteiger partial charge on any atom is -0.320 e. The maximum absolute atomic E-state index is 14.0.